The second-order valence-corrected chi connectivity index (χ2v) is 6.67. The van der Waals surface area contributed by atoms with E-state index in [1.165, 1.54) is 12.1 Å². The number of fused-ring (bicyclic) bond motifs is 2. The Hall–Kier alpha value is -4.08. The Morgan fingerprint density at radius 2 is 1.90 bits per heavy atom. The lowest BCUT2D eigenvalue weighted by atomic mass is 9.92. The Bertz CT molecular complexity index is 1270. The van der Waals surface area contributed by atoms with E-state index in [1.807, 2.05) is 31.2 Å². The standard InChI is InChI=1S/C20H16FN7O2/c1-2-30-14-9-5-12(6-10-14)18-15-16(11-3-7-13(21)8-4-11)23-24-19(29)17(15)22-20-25-26-27-28(18)20/h3-10,18H,2H2,1H3,(H,24,29)(H,22,25,27)/t18-/m1/s1. The monoisotopic (exact) mass is 405 g/mol. The number of benzene rings is 2. The highest BCUT2D eigenvalue weighted by atomic mass is 19.1. The van der Waals surface area contributed by atoms with Crippen molar-refractivity contribution in [1.82, 2.24) is 30.4 Å². The van der Waals surface area contributed by atoms with E-state index in [4.69, 9.17) is 4.74 Å². The van der Waals surface area contributed by atoms with Crippen LogP contribution in [0.3, 0.4) is 0 Å². The zero-order chi connectivity index (χ0) is 20.7. The molecule has 0 bridgehead atoms. The van der Waals surface area contributed by atoms with Gasteiger partial charge in [-0.1, -0.05) is 17.2 Å². The molecule has 5 rings (SSSR count). The van der Waals surface area contributed by atoms with Gasteiger partial charge in [-0.05, 0) is 59.3 Å². The minimum Gasteiger partial charge on any atom is -0.494 e. The molecule has 1 aliphatic heterocycles. The molecule has 0 fully saturated rings. The Kier molecular flexibility index (Phi) is 4.24. The number of aromatic amines is 1. The third-order valence-electron chi connectivity index (χ3n) is 4.89. The van der Waals surface area contributed by atoms with Crippen LogP contribution in [0.1, 0.15) is 24.1 Å². The van der Waals surface area contributed by atoms with Crippen molar-refractivity contribution >= 4 is 11.6 Å². The highest BCUT2D eigenvalue weighted by Crippen LogP contribution is 2.41. The fourth-order valence-corrected chi connectivity index (χ4v) is 3.59. The number of rotatable bonds is 4. The van der Waals surface area contributed by atoms with E-state index in [9.17, 15) is 9.18 Å². The average Bonchev–Trinajstić information content (AvgIpc) is 3.23. The number of ether oxygens (including phenoxy) is 1. The molecule has 2 N–H and O–H groups in total. The van der Waals surface area contributed by atoms with Crippen LogP contribution in [0, 0.1) is 5.82 Å². The Balaban J connectivity index is 1.74. The normalized spacial score (nSPS) is 14.5. The SMILES string of the molecule is CCOc1ccc([C@@H]2c3c(-c4ccc(F)cc4)n[nH]c(=O)c3Nc3nnnn32)cc1. The molecule has 2 aromatic heterocycles. The predicted octanol–water partition coefficient (Wildman–Crippen LogP) is 2.66. The molecule has 10 heteroatoms. The van der Waals surface area contributed by atoms with Gasteiger partial charge < -0.3 is 10.1 Å². The van der Waals surface area contributed by atoms with Crippen LogP contribution in [0.2, 0.25) is 0 Å². The van der Waals surface area contributed by atoms with Crippen LogP contribution in [0.25, 0.3) is 11.3 Å². The molecule has 0 saturated heterocycles. The van der Waals surface area contributed by atoms with Gasteiger partial charge in [-0.15, -0.1) is 0 Å². The van der Waals surface area contributed by atoms with Crippen molar-refractivity contribution in [3.05, 3.63) is 75.8 Å². The van der Waals surface area contributed by atoms with Crippen molar-refractivity contribution in [3.8, 4) is 17.0 Å². The number of nitrogens with one attached hydrogen (secondary N) is 2. The number of aromatic nitrogens is 6. The molecule has 0 unspecified atom stereocenters. The molecule has 9 nitrogen and oxygen atoms in total. The van der Waals surface area contributed by atoms with Gasteiger partial charge in [0.1, 0.15) is 23.3 Å². The van der Waals surface area contributed by atoms with Crippen molar-refractivity contribution in [2.24, 2.45) is 0 Å². The first-order valence-corrected chi connectivity index (χ1v) is 9.32. The third kappa shape index (κ3) is 2.89. The lowest BCUT2D eigenvalue weighted by Gasteiger charge is -2.27. The highest BCUT2D eigenvalue weighted by Gasteiger charge is 2.34. The quantitative estimate of drug-likeness (QED) is 0.473. The van der Waals surface area contributed by atoms with E-state index in [0.29, 0.717) is 35.1 Å². The minimum absolute atomic E-state index is 0.297. The molecule has 150 valence electrons. The molecule has 0 radical (unpaired) electrons. The molecule has 4 aromatic rings. The van der Waals surface area contributed by atoms with E-state index in [-0.39, 0.29) is 5.82 Å². The number of hydrogen-bond acceptors (Lipinski definition) is 7. The fourth-order valence-electron chi connectivity index (χ4n) is 3.59. The zero-order valence-electron chi connectivity index (χ0n) is 15.8. The van der Waals surface area contributed by atoms with E-state index >= 15 is 0 Å². The van der Waals surface area contributed by atoms with E-state index < -0.39 is 11.6 Å². The summed E-state index contributed by atoms with van der Waals surface area (Å²) in [5.41, 5.74) is 2.47. The van der Waals surface area contributed by atoms with Gasteiger partial charge in [0.2, 0.25) is 5.95 Å². The smallest absolute Gasteiger partial charge is 0.288 e. The number of nitrogens with zero attached hydrogens (tertiary/aromatic N) is 5. The van der Waals surface area contributed by atoms with Crippen LogP contribution in [0.15, 0.2) is 53.3 Å². The molecule has 1 aliphatic rings. The number of tetrazole rings is 1. The number of halogens is 1. The van der Waals surface area contributed by atoms with Crippen molar-refractivity contribution in [3.63, 3.8) is 0 Å². The van der Waals surface area contributed by atoms with Crippen molar-refractivity contribution in [1.29, 1.82) is 0 Å². The predicted molar refractivity (Wildman–Crippen MR) is 106 cm³/mol. The topological polar surface area (TPSA) is 111 Å². The fraction of sp³-hybridized carbons (Fsp3) is 0.150. The number of hydrogen-bond donors (Lipinski definition) is 2. The maximum absolute atomic E-state index is 13.5. The first-order chi connectivity index (χ1) is 14.7. The summed E-state index contributed by atoms with van der Waals surface area (Å²) >= 11 is 0. The molecule has 1 atom stereocenters. The summed E-state index contributed by atoms with van der Waals surface area (Å²) in [6.45, 7) is 2.47. The molecule has 0 saturated carbocycles. The number of H-pyrrole nitrogens is 1. The van der Waals surface area contributed by atoms with Crippen LogP contribution in [-0.4, -0.2) is 37.0 Å². The third-order valence-corrected chi connectivity index (χ3v) is 4.89. The number of anilines is 2. The summed E-state index contributed by atoms with van der Waals surface area (Å²) in [4.78, 5) is 12.6. The first kappa shape index (κ1) is 18.0. The second-order valence-electron chi connectivity index (χ2n) is 6.67. The lowest BCUT2D eigenvalue weighted by Crippen LogP contribution is -2.29. The highest BCUT2D eigenvalue weighted by molar-refractivity contribution is 5.75. The van der Waals surface area contributed by atoms with Gasteiger partial charge >= 0.3 is 0 Å². The largest absolute Gasteiger partial charge is 0.494 e. The summed E-state index contributed by atoms with van der Waals surface area (Å²) in [5, 5.41) is 21.6. The Morgan fingerprint density at radius 3 is 2.63 bits per heavy atom. The summed E-state index contributed by atoms with van der Waals surface area (Å²) in [5.74, 6) is 0.708. The molecule has 0 spiro atoms. The van der Waals surface area contributed by atoms with Crippen LogP contribution < -0.4 is 15.6 Å². The van der Waals surface area contributed by atoms with Crippen molar-refractivity contribution < 1.29 is 9.13 Å². The van der Waals surface area contributed by atoms with Crippen LogP contribution in [0.5, 0.6) is 5.75 Å². The summed E-state index contributed by atoms with van der Waals surface area (Å²) in [6.07, 6.45) is 0. The van der Waals surface area contributed by atoms with Gasteiger partial charge in [-0.3, -0.25) is 4.79 Å². The average molecular weight is 405 g/mol. The molecule has 2 aromatic carbocycles. The van der Waals surface area contributed by atoms with Crippen molar-refractivity contribution in [2.45, 2.75) is 13.0 Å². The van der Waals surface area contributed by atoms with Gasteiger partial charge in [0, 0.05) is 11.1 Å². The molecule has 3 heterocycles. The molecular formula is C20H16FN7O2. The lowest BCUT2D eigenvalue weighted by molar-refractivity contribution is 0.340. The maximum atomic E-state index is 13.5. The van der Waals surface area contributed by atoms with Gasteiger partial charge in [-0.2, -0.15) is 9.78 Å². The Morgan fingerprint density at radius 1 is 1.13 bits per heavy atom. The van der Waals surface area contributed by atoms with Gasteiger partial charge in [0.15, 0.2) is 0 Å². The van der Waals surface area contributed by atoms with Crippen molar-refractivity contribution in [2.75, 3.05) is 11.9 Å². The van der Waals surface area contributed by atoms with Gasteiger partial charge in [0.25, 0.3) is 5.56 Å². The van der Waals surface area contributed by atoms with Crippen LogP contribution in [-0.2, 0) is 0 Å². The molecule has 30 heavy (non-hydrogen) atoms. The zero-order valence-corrected chi connectivity index (χ0v) is 15.8. The van der Waals surface area contributed by atoms with E-state index in [1.54, 1.807) is 16.8 Å². The molecule has 0 amide bonds. The van der Waals surface area contributed by atoms with Gasteiger partial charge in [0.05, 0.1) is 12.3 Å². The Labute approximate surface area is 169 Å². The summed E-state index contributed by atoms with van der Waals surface area (Å²) < 4.78 is 20.6. The van der Waals surface area contributed by atoms with Gasteiger partial charge in [-0.25, -0.2) is 9.49 Å². The summed E-state index contributed by atoms with van der Waals surface area (Å²) in [6, 6.07) is 12.9. The summed E-state index contributed by atoms with van der Waals surface area (Å²) in [7, 11) is 0. The minimum atomic E-state index is -0.517. The molecule has 0 aliphatic carbocycles. The van der Waals surface area contributed by atoms with Crippen LogP contribution >= 0.6 is 0 Å². The van der Waals surface area contributed by atoms with E-state index in [0.717, 1.165) is 11.3 Å². The second kappa shape index (κ2) is 7.07. The van der Waals surface area contributed by atoms with Crippen LogP contribution in [0.4, 0.5) is 16.0 Å². The van der Waals surface area contributed by atoms with E-state index in [2.05, 4.69) is 31.0 Å². The first-order valence-electron chi connectivity index (χ1n) is 9.32. The maximum Gasteiger partial charge on any atom is 0.288 e. The molecular weight excluding hydrogens is 389 g/mol.